The van der Waals surface area contributed by atoms with Crippen molar-refractivity contribution in [1.82, 2.24) is 19.5 Å². The largest absolute Gasteiger partial charge is 0.447 e. The van der Waals surface area contributed by atoms with Crippen LogP contribution in [0.3, 0.4) is 0 Å². The Morgan fingerprint density at radius 3 is 2.71 bits per heavy atom. The second-order valence-corrected chi connectivity index (χ2v) is 8.58. The minimum atomic E-state index is -4.44. The zero-order chi connectivity index (χ0) is 24.9. The predicted molar refractivity (Wildman–Crippen MR) is 118 cm³/mol. The van der Waals surface area contributed by atoms with Gasteiger partial charge >= 0.3 is 12.3 Å². The number of carbonyl (C=O) groups excluding carboxylic acids is 1. The number of aryl methyl sites for hydroxylation is 1. The maximum absolute atomic E-state index is 14.0. The van der Waals surface area contributed by atoms with Crippen molar-refractivity contribution in [2.24, 2.45) is 0 Å². The summed E-state index contributed by atoms with van der Waals surface area (Å²) in [6.45, 7) is 3.11. The average molecular weight is 490 g/mol. The van der Waals surface area contributed by atoms with Crippen molar-refractivity contribution in [2.45, 2.75) is 51.1 Å². The number of hydrogen-bond donors (Lipinski definition) is 1. The first-order valence-electron chi connectivity index (χ1n) is 11.1. The van der Waals surface area contributed by atoms with Crippen molar-refractivity contribution in [2.75, 3.05) is 16.8 Å². The highest BCUT2D eigenvalue weighted by atomic mass is 19.4. The van der Waals surface area contributed by atoms with Crippen LogP contribution in [0.1, 0.15) is 42.4 Å². The third-order valence-electron chi connectivity index (χ3n) is 6.28. The number of halogens is 4. The lowest BCUT2D eigenvalue weighted by Crippen LogP contribution is -2.39. The van der Waals surface area contributed by atoms with Gasteiger partial charge in [-0.15, -0.1) is 0 Å². The van der Waals surface area contributed by atoms with Gasteiger partial charge in [0.05, 0.1) is 29.3 Å². The van der Waals surface area contributed by atoms with Gasteiger partial charge < -0.3 is 14.6 Å². The number of hydrogen-bond acceptors (Lipinski definition) is 6. The van der Waals surface area contributed by atoms with E-state index in [1.807, 2.05) is 6.92 Å². The molecule has 0 saturated carbocycles. The number of carbonyl (C=O) groups is 1. The van der Waals surface area contributed by atoms with Crippen LogP contribution in [-0.2, 0) is 23.8 Å². The van der Waals surface area contributed by atoms with Crippen LogP contribution in [0.5, 0.6) is 0 Å². The minimum Gasteiger partial charge on any atom is -0.447 e. The summed E-state index contributed by atoms with van der Waals surface area (Å²) in [6, 6.07) is 4.06. The molecular weight excluding hydrogens is 468 g/mol. The van der Waals surface area contributed by atoms with E-state index in [2.05, 4.69) is 20.3 Å². The van der Waals surface area contributed by atoms with Crippen LogP contribution < -0.4 is 10.2 Å². The van der Waals surface area contributed by atoms with Gasteiger partial charge in [0.2, 0.25) is 5.95 Å². The van der Waals surface area contributed by atoms with Crippen molar-refractivity contribution in [3.8, 4) is 5.69 Å². The van der Waals surface area contributed by atoms with Gasteiger partial charge in [-0.2, -0.15) is 18.2 Å². The molecule has 1 N–H and O–H groups in total. The number of nitrogens with one attached hydrogen (secondary N) is 1. The molecule has 8 nitrogen and oxygen atoms in total. The van der Waals surface area contributed by atoms with Crippen molar-refractivity contribution in [3.63, 3.8) is 0 Å². The molecule has 0 bridgehead atoms. The van der Waals surface area contributed by atoms with Gasteiger partial charge in [-0.05, 0) is 50.5 Å². The number of aromatic nitrogens is 4. The van der Waals surface area contributed by atoms with E-state index in [-0.39, 0.29) is 18.4 Å². The van der Waals surface area contributed by atoms with Crippen LogP contribution in [0.2, 0.25) is 0 Å². The molecule has 1 fully saturated rings. The average Bonchev–Trinajstić information content (AvgIpc) is 3.42. The Kier molecular flexibility index (Phi) is 5.60. The molecule has 2 aromatic heterocycles. The molecule has 1 saturated heterocycles. The Hall–Kier alpha value is -3.70. The quantitative estimate of drug-likeness (QED) is 0.525. The fraction of sp³-hybridized carbons (Fsp3) is 0.391. The Morgan fingerprint density at radius 1 is 1.17 bits per heavy atom. The molecule has 2 unspecified atom stereocenters. The third kappa shape index (κ3) is 4.17. The first-order valence-corrected chi connectivity index (χ1v) is 11.1. The van der Waals surface area contributed by atoms with Gasteiger partial charge in [0, 0.05) is 11.9 Å². The van der Waals surface area contributed by atoms with E-state index in [1.54, 1.807) is 4.57 Å². The lowest BCUT2D eigenvalue weighted by molar-refractivity contribution is -0.137. The summed E-state index contributed by atoms with van der Waals surface area (Å²) in [6.07, 6.45) is -2.27. The second kappa shape index (κ2) is 8.51. The third-order valence-corrected chi connectivity index (χ3v) is 6.28. The second-order valence-electron chi connectivity index (χ2n) is 8.58. The number of nitrogens with zero attached hydrogens (tertiary/aromatic N) is 5. The maximum Gasteiger partial charge on any atom is 0.416 e. The van der Waals surface area contributed by atoms with Crippen LogP contribution >= 0.6 is 0 Å². The number of amides is 1. The van der Waals surface area contributed by atoms with Crippen LogP contribution in [0.25, 0.3) is 5.69 Å². The summed E-state index contributed by atoms with van der Waals surface area (Å²) in [4.78, 5) is 26.3. The maximum atomic E-state index is 14.0. The molecule has 0 radical (unpaired) electrons. The van der Waals surface area contributed by atoms with E-state index in [9.17, 15) is 22.4 Å². The van der Waals surface area contributed by atoms with E-state index in [0.29, 0.717) is 24.2 Å². The normalized spacial score (nSPS) is 19.1. The van der Waals surface area contributed by atoms with Crippen molar-refractivity contribution in [1.29, 1.82) is 0 Å². The highest BCUT2D eigenvalue weighted by Crippen LogP contribution is 2.35. The Labute approximate surface area is 198 Å². The molecule has 35 heavy (non-hydrogen) atoms. The fourth-order valence-corrected chi connectivity index (χ4v) is 4.49. The summed E-state index contributed by atoms with van der Waals surface area (Å²) in [7, 11) is 0. The molecule has 0 aliphatic carbocycles. The number of benzene rings is 1. The molecule has 2 aliphatic rings. The number of fused-ring (bicyclic) bond motifs is 3. The van der Waals surface area contributed by atoms with Crippen molar-refractivity contribution >= 4 is 17.9 Å². The summed E-state index contributed by atoms with van der Waals surface area (Å²) < 4.78 is 60.4. The SMILES string of the molecule is CC(Nc1nccc(N2C(=O)OC[C@@H]2C(C)F)n1)c1ncn2c1CCc1ccc(C(F)(F)F)cc1-2. The molecular formula is C23H22F4N6O2. The molecule has 3 atom stereocenters. The zero-order valence-electron chi connectivity index (χ0n) is 18.9. The lowest BCUT2D eigenvalue weighted by Gasteiger charge is -2.23. The smallest absolute Gasteiger partial charge is 0.416 e. The Morgan fingerprint density at radius 2 is 1.97 bits per heavy atom. The lowest BCUT2D eigenvalue weighted by atomic mass is 9.97. The predicted octanol–water partition coefficient (Wildman–Crippen LogP) is 4.64. The van der Waals surface area contributed by atoms with Crippen LogP contribution in [0.15, 0.2) is 36.8 Å². The number of rotatable bonds is 5. The van der Waals surface area contributed by atoms with E-state index in [1.165, 1.54) is 31.6 Å². The van der Waals surface area contributed by atoms with Gasteiger partial charge in [0.1, 0.15) is 24.6 Å². The molecule has 12 heteroatoms. The van der Waals surface area contributed by atoms with Gasteiger partial charge in [0.25, 0.3) is 0 Å². The van der Waals surface area contributed by atoms with E-state index >= 15 is 0 Å². The first-order chi connectivity index (χ1) is 16.6. The topological polar surface area (TPSA) is 85.2 Å². The molecule has 0 spiro atoms. The monoisotopic (exact) mass is 490 g/mol. The molecule has 3 aromatic rings. The molecule has 2 aliphatic heterocycles. The van der Waals surface area contributed by atoms with Crippen LogP contribution in [0, 0.1) is 0 Å². The van der Waals surface area contributed by atoms with E-state index < -0.39 is 36.1 Å². The highest BCUT2D eigenvalue weighted by molar-refractivity contribution is 5.89. The van der Waals surface area contributed by atoms with Gasteiger partial charge in [-0.1, -0.05) is 6.07 Å². The molecule has 5 rings (SSSR count). The summed E-state index contributed by atoms with van der Waals surface area (Å²) in [5, 5.41) is 3.13. The molecule has 1 amide bonds. The molecule has 1 aromatic carbocycles. The molecule has 184 valence electrons. The first kappa shape index (κ1) is 23.1. The Balaban J connectivity index is 1.40. The van der Waals surface area contributed by atoms with Crippen molar-refractivity contribution < 1.29 is 27.1 Å². The summed E-state index contributed by atoms with van der Waals surface area (Å²) in [5.74, 6) is 0.393. The zero-order valence-corrected chi connectivity index (χ0v) is 18.9. The Bertz CT molecular complexity index is 1280. The number of imidazole rings is 1. The van der Waals surface area contributed by atoms with Gasteiger partial charge in [0.15, 0.2) is 0 Å². The summed E-state index contributed by atoms with van der Waals surface area (Å²) >= 11 is 0. The van der Waals surface area contributed by atoms with Crippen LogP contribution in [0.4, 0.5) is 34.1 Å². The molecule has 4 heterocycles. The number of ether oxygens (including phenoxy) is 1. The highest BCUT2D eigenvalue weighted by Gasteiger charge is 2.39. The van der Waals surface area contributed by atoms with Crippen LogP contribution in [-0.4, -0.2) is 44.4 Å². The van der Waals surface area contributed by atoms with Crippen molar-refractivity contribution in [3.05, 3.63) is 59.3 Å². The van der Waals surface area contributed by atoms with E-state index in [0.717, 1.165) is 28.3 Å². The van der Waals surface area contributed by atoms with Gasteiger partial charge in [-0.25, -0.2) is 19.2 Å². The van der Waals surface area contributed by atoms with Gasteiger partial charge in [-0.3, -0.25) is 4.90 Å². The number of cyclic esters (lactones) is 1. The number of alkyl halides is 4. The number of anilines is 2. The minimum absolute atomic E-state index is 0.0714. The standard InChI is InChI=1S/C23H22F4N6O2/c1-12(24)18-10-35-22(34)33(18)19-7-8-28-21(31-19)30-13(2)20-16-6-4-14-3-5-15(23(25,26)27)9-17(14)32(16)11-29-20/h3,5,7-9,11-13,18H,4,6,10H2,1-2H3,(H,28,30,31)/t12?,13?,18-/m1/s1. The summed E-state index contributed by atoms with van der Waals surface area (Å²) in [5.41, 5.74) is 2.02. The van der Waals surface area contributed by atoms with E-state index in [4.69, 9.17) is 4.74 Å². The fourth-order valence-electron chi connectivity index (χ4n) is 4.49.